The Balaban J connectivity index is 3.88. The van der Waals surface area contributed by atoms with E-state index in [4.69, 9.17) is 0 Å². The van der Waals surface area contributed by atoms with Crippen LogP contribution in [-0.4, -0.2) is 35.5 Å². The van der Waals surface area contributed by atoms with Crippen LogP contribution in [0.4, 0.5) is 0 Å². The highest BCUT2D eigenvalue weighted by Gasteiger charge is 2.27. The second-order valence-electron chi connectivity index (χ2n) is 3.93. The maximum Gasteiger partial charge on any atom is 0.0691 e. The monoisotopic (exact) mass is 175 g/mol. The molecule has 0 unspecified atom stereocenters. The zero-order valence-corrected chi connectivity index (χ0v) is 8.46. The molecule has 0 bridgehead atoms. The van der Waals surface area contributed by atoms with Crippen molar-refractivity contribution in [1.29, 1.82) is 0 Å². The van der Waals surface area contributed by atoms with Crippen molar-refractivity contribution in [3.63, 3.8) is 0 Å². The molecule has 0 aliphatic rings. The summed E-state index contributed by atoms with van der Waals surface area (Å²) in [6, 6.07) is 0. The molecule has 0 rings (SSSR count). The van der Waals surface area contributed by atoms with Crippen LogP contribution in [0.1, 0.15) is 27.2 Å². The van der Waals surface area contributed by atoms with Gasteiger partial charge in [-0.05, 0) is 19.9 Å². The number of rotatable bonds is 5. The van der Waals surface area contributed by atoms with Crippen LogP contribution in [0.25, 0.3) is 0 Å². The molecule has 0 aliphatic heterocycles. The minimum atomic E-state index is -0.768. The molecule has 0 saturated heterocycles. The van der Waals surface area contributed by atoms with Gasteiger partial charge in [0, 0.05) is 13.0 Å². The lowest BCUT2D eigenvalue weighted by Crippen LogP contribution is -2.38. The summed E-state index contributed by atoms with van der Waals surface area (Å²) in [5, 5.41) is 22.1. The van der Waals surface area contributed by atoms with Gasteiger partial charge in [0.15, 0.2) is 0 Å². The van der Waals surface area contributed by atoms with Crippen molar-refractivity contribution in [2.75, 3.05) is 13.6 Å². The molecule has 0 aromatic carbocycles. The lowest BCUT2D eigenvalue weighted by Gasteiger charge is -2.29. The van der Waals surface area contributed by atoms with Crippen LogP contribution in [0.3, 0.4) is 0 Å². The summed E-state index contributed by atoms with van der Waals surface area (Å²) in [5.41, 5.74) is -0.768. The quantitative estimate of drug-likeness (QED) is 0.565. The minimum Gasteiger partial charge on any atom is -0.392 e. The van der Waals surface area contributed by atoms with Crippen LogP contribution in [-0.2, 0) is 0 Å². The molecule has 0 aliphatic carbocycles. The van der Waals surface area contributed by atoms with Gasteiger partial charge in [-0.2, -0.15) is 0 Å². The molecule has 3 heteroatoms. The van der Waals surface area contributed by atoms with Gasteiger partial charge in [0.1, 0.15) is 0 Å². The molecule has 0 heterocycles. The molecular formula is C9H21NO2. The maximum absolute atomic E-state index is 9.80. The summed E-state index contributed by atoms with van der Waals surface area (Å²) in [6.45, 7) is 6.19. The summed E-state index contributed by atoms with van der Waals surface area (Å²) in [6.07, 6.45) is -0.0432. The van der Waals surface area contributed by atoms with E-state index in [0.717, 1.165) is 0 Å². The fraction of sp³-hybridized carbons (Fsp3) is 1.00. The van der Waals surface area contributed by atoms with Crippen LogP contribution in [0.5, 0.6) is 0 Å². The maximum atomic E-state index is 9.80. The molecule has 0 aromatic rings. The summed E-state index contributed by atoms with van der Waals surface area (Å²) in [4.78, 5) is 0. The molecular weight excluding hydrogens is 154 g/mol. The Morgan fingerprint density at radius 3 is 2.25 bits per heavy atom. The summed E-state index contributed by atoms with van der Waals surface area (Å²) in [5.74, 6) is 0.170. The summed E-state index contributed by atoms with van der Waals surface area (Å²) in [7, 11) is 1.79. The van der Waals surface area contributed by atoms with Crippen molar-refractivity contribution < 1.29 is 10.2 Å². The zero-order chi connectivity index (χ0) is 9.78. The van der Waals surface area contributed by atoms with E-state index in [-0.39, 0.29) is 5.92 Å². The van der Waals surface area contributed by atoms with E-state index in [0.29, 0.717) is 13.0 Å². The molecule has 12 heavy (non-hydrogen) atoms. The van der Waals surface area contributed by atoms with Gasteiger partial charge in [-0.25, -0.2) is 0 Å². The molecule has 0 radical (unpaired) electrons. The first-order valence-corrected chi connectivity index (χ1v) is 4.45. The number of likely N-dealkylation sites (N-methyl/N-ethyl adjacent to an activating group) is 1. The summed E-state index contributed by atoms with van der Waals surface area (Å²) < 4.78 is 0. The highest BCUT2D eigenvalue weighted by molar-refractivity contribution is 4.80. The van der Waals surface area contributed by atoms with Crippen molar-refractivity contribution in [1.82, 2.24) is 5.32 Å². The molecule has 0 amide bonds. The molecule has 0 aromatic heterocycles. The third-order valence-electron chi connectivity index (χ3n) is 2.33. The Morgan fingerprint density at radius 2 is 1.92 bits per heavy atom. The van der Waals surface area contributed by atoms with E-state index in [1.807, 2.05) is 13.8 Å². The van der Waals surface area contributed by atoms with Gasteiger partial charge < -0.3 is 15.5 Å². The van der Waals surface area contributed by atoms with Crippen LogP contribution < -0.4 is 5.32 Å². The van der Waals surface area contributed by atoms with Gasteiger partial charge >= 0.3 is 0 Å². The Morgan fingerprint density at radius 1 is 1.42 bits per heavy atom. The second kappa shape index (κ2) is 4.80. The normalized spacial score (nSPS) is 19.2. The Hall–Kier alpha value is -0.120. The van der Waals surface area contributed by atoms with Gasteiger partial charge in [0.25, 0.3) is 0 Å². The van der Waals surface area contributed by atoms with Crippen molar-refractivity contribution in [3.8, 4) is 0 Å². The Bertz CT molecular complexity index is 124. The Labute approximate surface area is 74.8 Å². The van der Waals surface area contributed by atoms with Crippen molar-refractivity contribution in [2.24, 2.45) is 5.92 Å². The van der Waals surface area contributed by atoms with Crippen molar-refractivity contribution in [3.05, 3.63) is 0 Å². The van der Waals surface area contributed by atoms with Crippen molar-refractivity contribution in [2.45, 2.75) is 38.9 Å². The SMILES string of the molecule is CNC[C@H](O)C[C@@](C)(O)C(C)C. The number of aliphatic hydroxyl groups excluding tert-OH is 1. The molecule has 3 N–H and O–H groups in total. The van der Waals surface area contributed by atoms with Gasteiger partial charge in [0.05, 0.1) is 11.7 Å². The Kier molecular flexibility index (Phi) is 4.75. The zero-order valence-electron chi connectivity index (χ0n) is 8.46. The lowest BCUT2D eigenvalue weighted by atomic mass is 9.87. The van der Waals surface area contributed by atoms with Crippen LogP contribution in [0, 0.1) is 5.92 Å². The summed E-state index contributed by atoms with van der Waals surface area (Å²) >= 11 is 0. The first-order chi connectivity index (χ1) is 5.40. The molecule has 74 valence electrons. The van der Waals surface area contributed by atoms with Gasteiger partial charge in [-0.1, -0.05) is 13.8 Å². The van der Waals surface area contributed by atoms with Crippen LogP contribution in [0.2, 0.25) is 0 Å². The van der Waals surface area contributed by atoms with E-state index in [9.17, 15) is 10.2 Å². The van der Waals surface area contributed by atoms with Crippen LogP contribution in [0.15, 0.2) is 0 Å². The first-order valence-electron chi connectivity index (χ1n) is 4.45. The molecule has 0 fully saturated rings. The fourth-order valence-corrected chi connectivity index (χ4v) is 1.02. The smallest absolute Gasteiger partial charge is 0.0691 e. The molecule has 0 saturated carbocycles. The number of hydrogen-bond acceptors (Lipinski definition) is 3. The predicted octanol–water partition coefficient (Wildman–Crippen LogP) is 0.364. The van der Waals surface area contributed by atoms with Gasteiger partial charge in [0.2, 0.25) is 0 Å². The number of nitrogens with one attached hydrogen (secondary N) is 1. The van der Waals surface area contributed by atoms with E-state index >= 15 is 0 Å². The van der Waals surface area contributed by atoms with Crippen LogP contribution >= 0.6 is 0 Å². The van der Waals surface area contributed by atoms with E-state index < -0.39 is 11.7 Å². The number of aliphatic hydroxyl groups is 2. The number of hydrogen-bond donors (Lipinski definition) is 3. The average Bonchev–Trinajstić information content (AvgIpc) is 1.85. The standard InChI is InChI=1S/C9H21NO2/c1-7(2)9(3,12)5-8(11)6-10-4/h7-8,10-12H,5-6H2,1-4H3/t8-,9-/m1/s1. The van der Waals surface area contributed by atoms with Gasteiger partial charge in [-0.15, -0.1) is 0 Å². The predicted molar refractivity (Wildman–Crippen MR) is 50.0 cm³/mol. The highest BCUT2D eigenvalue weighted by atomic mass is 16.3. The van der Waals surface area contributed by atoms with E-state index in [2.05, 4.69) is 5.32 Å². The molecule has 0 spiro atoms. The van der Waals surface area contributed by atoms with Gasteiger partial charge in [-0.3, -0.25) is 0 Å². The third-order valence-corrected chi connectivity index (χ3v) is 2.33. The second-order valence-corrected chi connectivity index (χ2v) is 3.93. The highest BCUT2D eigenvalue weighted by Crippen LogP contribution is 2.21. The molecule has 3 nitrogen and oxygen atoms in total. The average molecular weight is 175 g/mol. The third kappa shape index (κ3) is 4.04. The van der Waals surface area contributed by atoms with E-state index in [1.54, 1.807) is 14.0 Å². The first kappa shape index (κ1) is 11.9. The topological polar surface area (TPSA) is 52.5 Å². The molecule has 2 atom stereocenters. The lowest BCUT2D eigenvalue weighted by molar-refractivity contribution is -0.0299. The van der Waals surface area contributed by atoms with Crippen molar-refractivity contribution >= 4 is 0 Å². The largest absolute Gasteiger partial charge is 0.392 e. The van der Waals surface area contributed by atoms with E-state index in [1.165, 1.54) is 0 Å². The fourth-order valence-electron chi connectivity index (χ4n) is 1.02. The minimum absolute atomic E-state index is 0.170.